The van der Waals surface area contributed by atoms with Gasteiger partial charge in [-0.3, -0.25) is 10.8 Å². The fourth-order valence-corrected chi connectivity index (χ4v) is 2.09. The molecule has 2 rings (SSSR count). The van der Waals surface area contributed by atoms with Crippen molar-refractivity contribution in [3.8, 4) is 0 Å². The van der Waals surface area contributed by atoms with Gasteiger partial charge >= 0.3 is 0 Å². The minimum atomic E-state index is 0.138. The van der Waals surface area contributed by atoms with Crippen LogP contribution >= 0.6 is 0 Å². The molecule has 3 N–H and O–H groups in total. The average molecular weight is 203 g/mol. The van der Waals surface area contributed by atoms with Gasteiger partial charge in [-0.2, -0.15) is 0 Å². The molecule has 0 fully saturated rings. The molecule has 3 nitrogen and oxygen atoms in total. The van der Waals surface area contributed by atoms with Gasteiger partial charge in [-0.25, -0.2) is 5.43 Å². The molecule has 1 unspecified atom stereocenters. The zero-order valence-electron chi connectivity index (χ0n) is 8.82. The van der Waals surface area contributed by atoms with Crippen LogP contribution in [-0.4, -0.2) is 4.98 Å². The van der Waals surface area contributed by atoms with Gasteiger partial charge in [-0.1, -0.05) is 17.7 Å². The van der Waals surface area contributed by atoms with Crippen molar-refractivity contribution in [1.82, 2.24) is 10.4 Å². The molecule has 0 radical (unpaired) electrons. The average Bonchev–Trinajstić information content (AvgIpc) is 2.33. The topological polar surface area (TPSA) is 50.9 Å². The highest BCUT2D eigenvalue weighted by Crippen LogP contribution is 2.28. The van der Waals surface area contributed by atoms with Gasteiger partial charge in [0, 0.05) is 12.4 Å². The van der Waals surface area contributed by atoms with Gasteiger partial charge in [0.2, 0.25) is 0 Å². The number of nitrogens with two attached hydrogens (primary N) is 1. The Morgan fingerprint density at radius 1 is 1.40 bits per heavy atom. The van der Waals surface area contributed by atoms with E-state index in [0.29, 0.717) is 0 Å². The van der Waals surface area contributed by atoms with Crippen molar-refractivity contribution in [2.45, 2.75) is 31.7 Å². The van der Waals surface area contributed by atoms with E-state index in [0.717, 1.165) is 12.0 Å². The Kier molecular flexibility index (Phi) is 3.48. The number of hydrazine groups is 1. The van der Waals surface area contributed by atoms with Crippen LogP contribution in [0.4, 0.5) is 0 Å². The van der Waals surface area contributed by atoms with Crippen LogP contribution in [0.15, 0.2) is 36.2 Å². The maximum absolute atomic E-state index is 5.62. The monoisotopic (exact) mass is 203 g/mol. The molecule has 15 heavy (non-hydrogen) atoms. The molecule has 0 saturated carbocycles. The van der Waals surface area contributed by atoms with Gasteiger partial charge in [0.25, 0.3) is 0 Å². The summed E-state index contributed by atoms with van der Waals surface area (Å²) < 4.78 is 0. The summed E-state index contributed by atoms with van der Waals surface area (Å²) in [4.78, 5) is 4.13. The normalized spacial score (nSPS) is 18.3. The lowest BCUT2D eigenvalue weighted by Gasteiger charge is -2.22. The summed E-state index contributed by atoms with van der Waals surface area (Å²) >= 11 is 0. The number of nitrogens with zero attached hydrogens (tertiary/aromatic N) is 1. The van der Waals surface area contributed by atoms with Gasteiger partial charge in [-0.15, -0.1) is 0 Å². The van der Waals surface area contributed by atoms with Crippen LogP contribution in [0.5, 0.6) is 0 Å². The van der Waals surface area contributed by atoms with Crippen molar-refractivity contribution in [3.05, 3.63) is 41.7 Å². The molecular formula is C12H17N3. The second kappa shape index (κ2) is 5.05. The fourth-order valence-electron chi connectivity index (χ4n) is 2.09. The summed E-state index contributed by atoms with van der Waals surface area (Å²) in [5.74, 6) is 5.62. The Morgan fingerprint density at radius 3 is 2.93 bits per heavy atom. The molecule has 1 heterocycles. The lowest BCUT2D eigenvalue weighted by molar-refractivity contribution is 0.564. The van der Waals surface area contributed by atoms with Crippen LogP contribution in [0.3, 0.4) is 0 Å². The molecule has 1 aromatic rings. The largest absolute Gasteiger partial charge is 0.271 e. The van der Waals surface area contributed by atoms with Gasteiger partial charge in [0.15, 0.2) is 0 Å². The first-order valence-electron chi connectivity index (χ1n) is 5.47. The third kappa shape index (κ3) is 2.43. The van der Waals surface area contributed by atoms with Crippen molar-refractivity contribution >= 4 is 0 Å². The Morgan fingerprint density at radius 2 is 2.33 bits per heavy atom. The Bertz CT molecular complexity index is 332. The standard InChI is InChI=1S/C12H17N3/c13-15-12(10-5-2-1-3-6-10)11-7-4-8-14-9-11/h4-5,7-9,12,15H,1-3,6,13H2. The molecule has 80 valence electrons. The summed E-state index contributed by atoms with van der Waals surface area (Å²) in [5, 5.41) is 0. The van der Waals surface area contributed by atoms with E-state index < -0.39 is 0 Å². The van der Waals surface area contributed by atoms with Crippen LogP contribution in [0, 0.1) is 0 Å². The van der Waals surface area contributed by atoms with E-state index >= 15 is 0 Å². The smallest absolute Gasteiger partial charge is 0.0685 e. The first-order valence-corrected chi connectivity index (χ1v) is 5.47. The van der Waals surface area contributed by atoms with Crippen molar-refractivity contribution in [2.75, 3.05) is 0 Å². The summed E-state index contributed by atoms with van der Waals surface area (Å²) in [7, 11) is 0. The highest BCUT2D eigenvalue weighted by Gasteiger charge is 2.16. The second-order valence-corrected chi connectivity index (χ2v) is 3.91. The van der Waals surface area contributed by atoms with Crippen LogP contribution in [0.2, 0.25) is 0 Å². The molecule has 1 aromatic heterocycles. The molecule has 3 heteroatoms. The summed E-state index contributed by atoms with van der Waals surface area (Å²) in [6, 6.07) is 4.15. The zero-order valence-corrected chi connectivity index (χ0v) is 8.82. The second-order valence-electron chi connectivity index (χ2n) is 3.91. The van der Waals surface area contributed by atoms with Gasteiger partial charge in [0.05, 0.1) is 6.04 Å². The van der Waals surface area contributed by atoms with E-state index in [2.05, 4.69) is 22.6 Å². The molecular weight excluding hydrogens is 186 g/mol. The first kappa shape index (κ1) is 10.3. The predicted molar refractivity (Wildman–Crippen MR) is 60.9 cm³/mol. The molecule has 0 spiro atoms. The number of aromatic nitrogens is 1. The Hall–Kier alpha value is -1.19. The van der Waals surface area contributed by atoms with Crippen molar-refractivity contribution in [1.29, 1.82) is 0 Å². The highest BCUT2D eigenvalue weighted by atomic mass is 15.2. The number of nitrogens with one attached hydrogen (secondary N) is 1. The summed E-state index contributed by atoms with van der Waals surface area (Å²) in [5.41, 5.74) is 5.43. The van der Waals surface area contributed by atoms with E-state index in [9.17, 15) is 0 Å². The molecule has 0 aliphatic heterocycles. The molecule has 1 atom stereocenters. The molecule has 0 bridgehead atoms. The van der Waals surface area contributed by atoms with Crippen molar-refractivity contribution in [2.24, 2.45) is 5.84 Å². The van der Waals surface area contributed by atoms with E-state index in [4.69, 9.17) is 5.84 Å². The maximum atomic E-state index is 5.62. The van der Waals surface area contributed by atoms with Crippen molar-refractivity contribution in [3.63, 3.8) is 0 Å². The number of hydrogen-bond donors (Lipinski definition) is 2. The zero-order chi connectivity index (χ0) is 10.5. The number of hydrogen-bond acceptors (Lipinski definition) is 3. The van der Waals surface area contributed by atoms with Gasteiger partial charge in [0.1, 0.15) is 0 Å². The number of rotatable bonds is 3. The van der Waals surface area contributed by atoms with Crippen LogP contribution in [0.1, 0.15) is 37.3 Å². The van der Waals surface area contributed by atoms with Gasteiger partial charge < -0.3 is 0 Å². The first-order chi connectivity index (χ1) is 7.42. The molecule has 0 saturated heterocycles. The lowest BCUT2D eigenvalue weighted by atomic mass is 9.91. The quantitative estimate of drug-likeness (QED) is 0.449. The fraction of sp³-hybridized carbons (Fsp3) is 0.417. The van der Waals surface area contributed by atoms with E-state index in [-0.39, 0.29) is 6.04 Å². The van der Waals surface area contributed by atoms with E-state index in [1.165, 1.54) is 24.8 Å². The third-order valence-corrected chi connectivity index (χ3v) is 2.88. The predicted octanol–water partition coefficient (Wildman–Crippen LogP) is 2.09. The van der Waals surface area contributed by atoms with Gasteiger partial charge in [-0.05, 0) is 37.3 Å². The van der Waals surface area contributed by atoms with Crippen LogP contribution in [-0.2, 0) is 0 Å². The minimum absolute atomic E-state index is 0.138. The Labute approximate surface area is 90.4 Å². The van der Waals surface area contributed by atoms with Crippen LogP contribution < -0.4 is 11.3 Å². The Balaban J connectivity index is 2.20. The van der Waals surface area contributed by atoms with E-state index in [1.807, 2.05) is 12.3 Å². The maximum Gasteiger partial charge on any atom is 0.0685 e. The number of allylic oxidation sites excluding steroid dienone is 1. The van der Waals surface area contributed by atoms with E-state index in [1.54, 1.807) is 6.20 Å². The molecule has 0 amide bonds. The molecule has 1 aliphatic rings. The third-order valence-electron chi connectivity index (χ3n) is 2.88. The van der Waals surface area contributed by atoms with Crippen molar-refractivity contribution < 1.29 is 0 Å². The molecule has 1 aliphatic carbocycles. The SMILES string of the molecule is NNC(C1=CCCCC1)c1cccnc1. The lowest BCUT2D eigenvalue weighted by Crippen LogP contribution is -2.30. The highest BCUT2D eigenvalue weighted by molar-refractivity contribution is 5.26. The minimum Gasteiger partial charge on any atom is -0.271 e. The molecule has 0 aromatic carbocycles. The summed E-state index contributed by atoms with van der Waals surface area (Å²) in [6.07, 6.45) is 10.9. The number of pyridine rings is 1. The summed E-state index contributed by atoms with van der Waals surface area (Å²) in [6.45, 7) is 0. The van der Waals surface area contributed by atoms with Crippen LogP contribution in [0.25, 0.3) is 0 Å².